The molecule has 0 bridgehead atoms. The molecule has 0 amide bonds. The van der Waals surface area contributed by atoms with Gasteiger partial charge in [-0.05, 0) is 86.2 Å². The van der Waals surface area contributed by atoms with Gasteiger partial charge in [0.15, 0.2) is 0 Å². The highest BCUT2D eigenvalue weighted by atomic mass is 35.5. The van der Waals surface area contributed by atoms with Crippen molar-refractivity contribution in [2.24, 2.45) is 0 Å². The fourth-order valence-corrected chi connectivity index (χ4v) is 4.83. The Bertz CT molecular complexity index is 1610. The van der Waals surface area contributed by atoms with Gasteiger partial charge in [0, 0.05) is 35.1 Å². The number of aryl methyl sites for hydroxylation is 1. The maximum atomic E-state index is 12.7. The zero-order valence-electron chi connectivity index (χ0n) is 25.5. The van der Waals surface area contributed by atoms with Crippen LogP contribution in [0.5, 0.6) is 5.75 Å². The van der Waals surface area contributed by atoms with E-state index in [0.717, 1.165) is 41.0 Å². The van der Waals surface area contributed by atoms with Gasteiger partial charge in [0.05, 0.1) is 28.9 Å². The summed E-state index contributed by atoms with van der Waals surface area (Å²) in [5.41, 5.74) is 9.94. The number of esters is 2. The molecule has 0 aliphatic rings. The number of halogens is 2. The predicted molar refractivity (Wildman–Crippen MR) is 174 cm³/mol. The van der Waals surface area contributed by atoms with Crippen molar-refractivity contribution >= 4 is 57.6 Å². The Morgan fingerprint density at radius 3 is 2.16 bits per heavy atom. The van der Waals surface area contributed by atoms with Gasteiger partial charge in [-0.2, -0.15) is 0 Å². The molecule has 0 saturated carbocycles. The molecule has 1 heterocycles. The van der Waals surface area contributed by atoms with E-state index in [1.807, 2.05) is 31.2 Å². The molecule has 234 valence electrons. The third-order valence-electron chi connectivity index (χ3n) is 6.85. The van der Waals surface area contributed by atoms with E-state index in [9.17, 15) is 14.4 Å². The van der Waals surface area contributed by atoms with Crippen LogP contribution in [0.1, 0.15) is 52.7 Å². The van der Waals surface area contributed by atoms with Crippen LogP contribution in [-0.4, -0.2) is 60.7 Å². The van der Waals surface area contributed by atoms with Crippen LogP contribution in [-0.2, 0) is 20.8 Å². The summed E-state index contributed by atoms with van der Waals surface area (Å²) < 4.78 is 16.7. The van der Waals surface area contributed by atoms with Crippen LogP contribution < -0.4 is 10.5 Å². The highest BCUT2D eigenvalue weighted by molar-refractivity contribution is 6.33. The third kappa shape index (κ3) is 8.98. The zero-order valence-corrected chi connectivity index (χ0v) is 27.0. The molecule has 9 nitrogen and oxygen atoms in total. The molecular formula is C33H37Cl2N3O6. The molecule has 0 fully saturated rings. The highest BCUT2D eigenvalue weighted by Gasteiger charge is 2.16. The van der Waals surface area contributed by atoms with Crippen molar-refractivity contribution in [1.29, 1.82) is 0 Å². The summed E-state index contributed by atoms with van der Waals surface area (Å²) in [6.45, 7) is 9.66. The minimum Gasteiger partial charge on any atom is -0.497 e. The maximum absolute atomic E-state index is 12.7. The van der Waals surface area contributed by atoms with Crippen LogP contribution in [0.4, 0.5) is 5.69 Å². The number of aromatic nitrogens is 1. The first kappa shape index (κ1) is 34.4. The van der Waals surface area contributed by atoms with Crippen LogP contribution >= 0.6 is 23.2 Å². The molecule has 44 heavy (non-hydrogen) atoms. The molecule has 0 unspecified atom stereocenters. The Hall–Kier alpha value is -4.05. The number of fused-ring (bicyclic) bond motifs is 1. The predicted octanol–water partition coefficient (Wildman–Crippen LogP) is 6.78. The van der Waals surface area contributed by atoms with Crippen LogP contribution in [0.2, 0.25) is 10.0 Å². The summed E-state index contributed by atoms with van der Waals surface area (Å²) in [7, 11) is 1.63. The molecule has 4 rings (SSSR count). The van der Waals surface area contributed by atoms with Gasteiger partial charge in [-0.1, -0.05) is 37.0 Å². The molecule has 0 radical (unpaired) electrons. The minimum atomic E-state index is -0.528. The van der Waals surface area contributed by atoms with Crippen molar-refractivity contribution in [1.82, 2.24) is 9.47 Å². The molecular weight excluding hydrogens is 605 g/mol. The number of ether oxygens (including phenoxy) is 3. The fraction of sp³-hybridized carbons (Fsp3) is 0.303. The van der Waals surface area contributed by atoms with Crippen LogP contribution in [0, 0.1) is 6.92 Å². The first-order valence-corrected chi connectivity index (χ1v) is 14.8. The monoisotopic (exact) mass is 641 g/mol. The average molecular weight is 643 g/mol. The lowest BCUT2D eigenvalue weighted by molar-refractivity contribution is -0.142. The van der Waals surface area contributed by atoms with Crippen molar-refractivity contribution in [3.63, 3.8) is 0 Å². The van der Waals surface area contributed by atoms with Crippen molar-refractivity contribution < 1.29 is 28.6 Å². The second kappa shape index (κ2) is 16.1. The second-order valence-electron chi connectivity index (χ2n) is 9.83. The Labute approximate surface area is 267 Å². The highest BCUT2D eigenvalue weighted by Crippen LogP contribution is 2.27. The molecule has 0 aliphatic carbocycles. The van der Waals surface area contributed by atoms with Crippen molar-refractivity contribution in [2.75, 3.05) is 39.1 Å². The van der Waals surface area contributed by atoms with E-state index in [4.69, 9.17) is 43.1 Å². The molecule has 0 spiro atoms. The summed E-state index contributed by atoms with van der Waals surface area (Å²) in [5.74, 6) is -0.235. The van der Waals surface area contributed by atoms with E-state index in [0.29, 0.717) is 33.4 Å². The summed E-state index contributed by atoms with van der Waals surface area (Å²) in [5, 5.41) is 1.92. The number of nitrogens with zero attached hydrogens (tertiary/aromatic N) is 2. The lowest BCUT2D eigenvalue weighted by Gasteiger charge is -2.20. The lowest BCUT2D eigenvalue weighted by atomic mass is 10.1. The van der Waals surface area contributed by atoms with Gasteiger partial charge in [0.2, 0.25) is 0 Å². The molecule has 3 aromatic carbocycles. The number of nitrogen functional groups attached to an aromatic ring is 1. The smallest absolute Gasteiger partial charge is 0.338 e. The zero-order chi connectivity index (χ0) is 32.4. The average Bonchev–Trinajstić information content (AvgIpc) is 3.34. The Morgan fingerprint density at radius 1 is 0.886 bits per heavy atom. The van der Waals surface area contributed by atoms with Gasteiger partial charge < -0.3 is 19.9 Å². The van der Waals surface area contributed by atoms with Gasteiger partial charge in [0.1, 0.15) is 19.0 Å². The number of anilines is 1. The van der Waals surface area contributed by atoms with E-state index in [1.54, 1.807) is 42.0 Å². The van der Waals surface area contributed by atoms with Crippen molar-refractivity contribution in [2.45, 2.75) is 34.2 Å². The second-order valence-corrected chi connectivity index (χ2v) is 10.7. The summed E-state index contributed by atoms with van der Waals surface area (Å²) in [6.07, 6.45) is 0. The SMILES string of the molecule is CCN(CC)Cc1cc(C(=O)OCCOC(C)=O)cc(Cl)c1N.COc1ccc2c(c1)cc(C)n2C(=O)c1ccc(Cl)cc1. The van der Waals surface area contributed by atoms with E-state index in [1.165, 1.54) is 13.0 Å². The van der Waals surface area contributed by atoms with Gasteiger partial charge in [-0.25, -0.2) is 4.79 Å². The normalized spacial score (nSPS) is 10.7. The van der Waals surface area contributed by atoms with E-state index >= 15 is 0 Å². The fourth-order valence-electron chi connectivity index (χ4n) is 4.46. The van der Waals surface area contributed by atoms with Gasteiger partial charge in [-0.15, -0.1) is 0 Å². The Kier molecular flexibility index (Phi) is 12.6. The number of hydrogen-bond donors (Lipinski definition) is 1. The number of nitrogens with two attached hydrogens (primary N) is 1. The Balaban J connectivity index is 0.000000241. The van der Waals surface area contributed by atoms with E-state index in [-0.39, 0.29) is 19.1 Å². The van der Waals surface area contributed by atoms with Crippen LogP contribution in [0.25, 0.3) is 10.9 Å². The lowest BCUT2D eigenvalue weighted by Crippen LogP contribution is -2.23. The quantitative estimate of drug-likeness (QED) is 0.114. The topological polar surface area (TPSA) is 113 Å². The largest absolute Gasteiger partial charge is 0.497 e. The van der Waals surface area contributed by atoms with Gasteiger partial charge >= 0.3 is 11.9 Å². The molecule has 2 N–H and O–H groups in total. The number of carbonyl (C=O) groups excluding carboxylic acids is 3. The minimum absolute atomic E-state index is 0.00815. The molecule has 0 aliphatic heterocycles. The van der Waals surface area contributed by atoms with E-state index in [2.05, 4.69) is 18.7 Å². The number of benzene rings is 3. The molecule has 4 aromatic rings. The third-order valence-corrected chi connectivity index (χ3v) is 7.41. The molecule has 1 aromatic heterocycles. The Morgan fingerprint density at radius 2 is 1.55 bits per heavy atom. The standard InChI is InChI=1S/C17H14ClNO2.C16H23ClN2O4/c1-11-9-13-10-15(21-2)7-8-16(13)19(11)17(20)12-3-5-14(18)6-4-12;1-4-19(5-2)10-13-8-12(9-14(17)15(13)18)16(21)23-7-6-22-11(3)20/h3-10H,1-2H3;8-9H,4-7,10,18H2,1-3H3. The molecule has 0 saturated heterocycles. The number of hydrogen-bond acceptors (Lipinski definition) is 8. The molecule has 11 heteroatoms. The number of methoxy groups -OCH3 is 1. The van der Waals surface area contributed by atoms with Crippen molar-refractivity contribution in [3.05, 3.63) is 93.1 Å². The van der Waals surface area contributed by atoms with Crippen LogP contribution in [0.3, 0.4) is 0 Å². The summed E-state index contributed by atoms with van der Waals surface area (Å²) in [6, 6.07) is 17.7. The summed E-state index contributed by atoms with van der Waals surface area (Å²) in [4.78, 5) is 37.6. The van der Waals surface area contributed by atoms with E-state index < -0.39 is 11.9 Å². The first-order chi connectivity index (χ1) is 21.0. The van der Waals surface area contributed by atoms with Crippen molar-refractivity contribution in [3.8, 4) is 5.75 Å². The van der Waals surface area contributed by atoms with Gasteiger partial charge in [-0.3, -0.25) is 19.1 Å². The van der Waals surface area contributed by atoms with Crippen LogP contribution in [0.15, 0.2) is 60.7 Å². The van der Waals surface area contributed by atoms with Gasteiger partial charge in [0.25, 0.3) is 5.91 Å². The summed E-state index contributed by atoms with van der Waals surface area (Å²) >= 11 is 12.0. The molecule has 0 atom stereocenters. The first-order valence-electron chi connectivity index (χ1n) is 14.1. The maximum Gasteiger partial charge on any atom is 0.338 e. The number of rotatable bonds is 10. The number of carbonyl (C=O) groups is 3.